The van der Waals surface area contributed by atoms with Crippen LogP contribution in [0.25, 0.3) is 10.6 Å². The van der Waals surface area contributed by atoms with Crippen molar-refractivity contribution >= 4 is 11.3 Å². The van der Waals surface area contributed by atoms with E-state index in [1.54, 1.807) is 17.7 Å². The first-order valence-corrected chi connectivity index (χ1v) is 4.29. The number of nitrogens with zero attached hydrogens (tertiary/aromatic N) is 1. The third-order valence-corrected chi connectivity index (χ3v) is 2.65. The summed E-state index contributed by atoms with van der Waals surface area (Å²) < 4.78 is 0. The van der Waals surface area contributed by atoms with E-state index in [2.05, 4.69) is 28.3 Å². The number of aromatic amines is 1. The molecule has 0 aromatic carbocycles. The SMILES string of the molecule is Cc1ccsc1-c1cnc[nH]1. The molecular weight excluding hydrogens is 156 g/mol. The van der Waals surface area contributed by atoms with E-state index in [-0.39, 0.29) is 0 Å². The van der Waals surface area contributed by atoms with Gasteiger partial charge in [-0.1, -0.05) is 0 Å². The molecule has 0 amide bonds. The minimum atomic E-state index is 1.11. The van der Waals surface area contributed by atoms with E-state index in [4.69, 9.17) is 0 Å². The second-order valence-electron chi connectivity index (χ2n) is 2.40. The molecule has 0 aliphatic carbocycles. The van der Waals surface area contributed by atoms with Crippen molar-refractivity contribution in [2.75, 3.05) is 0 Å². The molecule has 0 radical (unpaired) electrons. The molecule has 0 bridgehead atoms. The third-order valence-electron chi connectivity index (χ3n) is 1.60. The van der Waals surface area contributed by atoms with Crippen molar-refractivity contribution < 1.29 is 0 Å². The smallest absolute Gasteiger partial charge is 0.0924 e. The van der Waals surface area contributed by atoms with Gasteiger partial charge in [0.25, 0.3) is 0 Å². The first kappa shape index (κ1) is 6.61. The molecule has 0 aliphatic rings. The summed E-state index contributed by atoms with van der Waals surface area (Å²) in [6, 6.07) is 2.11. The highest BCUT2D eigenvalue weighted by molar-refractivity contribution is 7.13. The van der Waals surface area contributed by atoms with Gasteiger partial charge < -0.3 is 4.98 Å². The van der Waals surface area contributed by atoms with Crippen molar-refractivity contribution in [3.63, 3.8) is 0 Å². The predicted octanol–water partition coefficient (Wildman–Crippen LogP) is 2.45. The van der Waals surface area contributed by atoms with E-state index in [0.29, 0.717) is 0 Å². The second-order valence-corrected chi connectivity index (χ2v) is 3.31. The van der Waals surface area contributed by atoms with Crippen molar-refractivity contribution in [2.24, 2.45) is 0 Å². The molecule has 1 N–H and O–H groups in total. The van der Waals surface area contributed by atoms with Crippen LogP contribution in [0.5, 0.6) is 0 Å². The quantitative estimate of drug-likeness (QED) is 0.689. The maximum atomic E-state index is 3.97. The molecule has 2 heterocycles. The number of nitrogens with one attached hydrogen (secondary N) is 1. The summed E-state index contributed by atoms with van der Waals surface area (Å²) in [5.74, 6) is 0. The van der Waals surface area contributed by atoms with Crippen molar-refractivity contribution in [2.45, 2.75) is 6.92 Å². The Hall–Kier alpha value is -1.09. The zero-order chi connectivity index (χ0) is 7.68. The van der Waals surface area contributed by atoms with E-state index < -0.39 is 0 Å². The normalized spacial score (nSPS) is 10.3. The highest BCUT2D eigenvalue weighted by Crippen LogP contribution is 2.26. The highest BCUT2D eigenvalue weighted by atomic mass is 32.1. The Morgan fingerprint density at radius 1 is 1.55 bits per heavy atom. The Bertz CT molecular complexity index is 335. The zero-order valence-electron chi connectivity index (χ0n) is 6.16. The van der Waals surface area contributed by atoms with Gasteiger partial charge in [-0.15, -0.1) is 11.3 Å². The molecule has 2 aromatic heterocycles. The number of hydrogen-bond acceptors (Lipinski definition) is 2. The maximum absolute atomic E-state index is 3.97. The summed E-state index contributed by atoms with van der Waals surface area (Å²) in [4.78, 5) is 8.33. The lowest BCUT2D eigenvalue weighted by atomic mass is 10.2. The Labute approximate surface area is 68.9 Å². The minimum absolute atomic E-state index is 1.11. The molecule has 0 saturated heterocycles. The van der Waals surface area contributed by atoms with E-state index in [0.717, 1.165) is 5.69 Å². The summed E-state index contributed by atoms with van der Waals surface area (Å²) >= 11 is 1.74. The number of aryl methyl sites for hydroxylation is 1. The first-order chi connectivity index (χ1) is 5.38. The van der Waals surface area contributed by atoms with E-state index in [1.165, 1.54) is 10.4 Å². The van der Waals surface area contributed by atoms with E-state index in [9.17, 15) is 0 Å². The van der Waals surface area contributed by atoms with Gasteiger partial charge in [-0.05, 0) is 23.9 Å². The topological polar surface area (TPSA) is 28.7 Å². The van der Waals surface area contributed by atoms with Crippen LogP contribution in [-0.4, -0.2) is 9.97 Å². The number of thiophene rings is 1. The Morgan fingerprint density at radius 2 is 2.45 bits per heavy atom. The average molecular weight is 164 g/mol. The lowest BCUT2D eigenvalue weighted by Crippen LogP contribution is -1.72. The van der Waals surface area contributed by atoms with Gasteiger partial charge in [-0.3, -0.25) is 0 Å². The molecule has 0 fully saturated rings. The van der Waals surface area contributed by atoms with Crippen LogP contribution >= 0.6 is 11.3 Å². The van der Waals surface area contributed by atoms with E-state index >= 15 is 0 Å². The van der Waals surface area contributed by atoms with Gasteiger partial charge in [0, 0.05) is 0 Å². The lowest BCUT2D eigenvalue weighted by Gasteiger charge is -1.91. The van der Waals surface area contributed by atoms with Gasteiger partial charge in [-0.2, -0.15) is 0 Å². The Morgan fingerprint density at radius 3 is 3.00 bits per heavy atom. The zero-order valence-corrected chi connectivity index (χ0v) is 6.98. The van der Waals surface area contributed by atoms with Crippen molar-refractivity contribution in [3.8, 4) is 10.6 Å². The molecular formula is C8H8N2S. The van der Waals surface area contributed by atoms with Crippen molar-refractivity contribution in [1.82, 2.24) is 9.97 Å². The van der Waals surface area contributed by atoms with Gasteiger partial charge >= 0.3 is 0 Å². The Balaban J connectivity index is 2.53. The molecule has 0 aliphatic heterocycles. The molecule has 0 spiro atoms. The highest BCUT2D eigenvalue weighted by Gasteiger charge is 2.02. The summed E-state index contributed by atoms with van der Waals surface area (Å²) in [7, 11) is 0. The van der Waals surface area contributed by atoms with Crippen LogP contribution in [0.1, 0.15) is 5.56 Å². The molecule has 0 atom stereocenters. The molecule has 56 valence electrons. The van der Waals surface area contributed by atoms with Crippen molar-refractivity contribution in [3.05, 3.63) is 29.5 Å². The van der Waals surface area contributed by atoms with Gasteiger partial charge in [0.05, 0.1) is 23.1 Å². The molecule has 3 heteroatoms. The van der Waals surface area contributed by atoms with Gasteiger partial charge in [0.1, 0.15) is 0 Å². The third kappa shape index (κ3) is 1.07. The number of H-pyrrole nitrogens is 1. The average Bonchev–Trinajstić information content (AvgIpc) is 2.55. The summed E-state index contributed by atoms with van der Waals surface area (Å²) in [5.41, 5.74) is 2.41. The fraction of sp³-hybridized carbons (Fsp3) is 0.125. The van der Waals surface area contributed by atoms with Gasteiger partial charge in [0.2, 0.25) is 0 Å². The molecule has 2 nitrogen and oxygen atoms in total. The van der Waals surface area contributed by atoms with Crippen molar-refractivity contribution in [1.29, 1.82) is 0 Å². The molecule has 2 aromatic rings. The second kappa shape index (κ2) is 2.51. The van der Waals surface area contributed by atoms with Crippen LogP contribution < -0.4 is 0 Å². The number of imidazole rings is 1. The summed E-state index contributed by atoms with van der Waals surface area (Å²) in [5, 5.41) is 2.09. The fourth-order valence-electron chi connectivity index (χ4n) is 1.03. The predicted molar refractivity (Wildman–Crippen MR) is 46.6 cm³/mol. The number of aromatic nitrogens is 2. The summed E-state index contributed by atoms with van der Waals surface area (Å²) in [6.07, 6.45) is 3.55. The standard InChI is InChI=1S/C8H8N2S/c1-6-2-3-11-8(6)7-4-9-5-10-7/h2-5H,1H3,(H,9,10). The van der Waals surface area contributed by atoms with Crippen LogP contribution in [0, 0.1) is 6.92 Å². The minimum Gasteiger partial charge on any atom is -0.344 e. The maximum Gasteiger partial charge on any atom is 0.0924 e. The molecule has 0 saturated carbocycles. The van der Waals surface area contributed by atoms with Crippen LogP contribution in [0.4, 0.5) is 0 Å². The van der Waals surface area contributed by atoms with E-state index in [1.807, 2.05) is 6.20 Å². The molecule has 11 heavy (non-hydrogen) atoms. The molecule has 2 rings (SSSR count). The fourth-order valence-corrected chi connectivity index (χ4v) is 1.93. The van der Waals surface area contributed by atoms with Crippen LogP contribution in [0.2, 0.25) is 0 Å². The number of rotatable bonds is 1. The van der Waals surface area contributed by atoms with Crippen LogP contribution in [-0.2, 0) is 0 Å². The Kier molecular flexibility index (Phi) is 1.51. The largest absolute Gasteiger partial charge is 0.344 e. The van der Waals surface area contributed by atoms with Crippen LogP contribution in [0.15, 0.2) is 24.0 Å². The lowest BCUT2D eigenvalue weighted by molar-refractivity contribution is 1.31. The van der Waals surface area contributed by atoms with Gasteiger partial charge in [0.15, 0.2) is 0 Å². The molecule has 0 unspecified atom stereocenters. The summed E-state index contributed by atoms with van der Waals surface area (Å²) in [6.45, 7) is 2.10. The van der Waals surface area contributed by atoms with Crippen LogP contribution in [0.3, 0.4) is 0 Å². The first-order valence-electron chi connectivity index (χ1n) is 3.41. The number of hydrogen-bond donors (Lipinski definition) is 1. The van der Waals surface area contributed by atoms with Gasteiger partial charge in [-0.25, -0.2) is 4.98 Å². The monoisotopic (exact) mass is 164 g/mol.